The number of hydrogen-bond acceptors (Lipinski definition) is 3. The largest absolute Gasteiger partial charge is 0.334 e. The number of rotatable bonds is 6. The summed E-state index contributed by atoms with van der Waals surface area (Å²) in [5.41, 5.74) is 7.87. The van der Waals surface area contributed by atoms with Gasteiger partial charge in [0.15, 0.2) is 0 Å². The third kappa shape index (κ3) is 6.45. The van der Waals surface area contributed by atoms with Crippen molar-refractivity contribution in [3.05, 3.63) is 35.4 Å². The van der Waals surface area contributed by atoms with Gasteiger partial charge in [-0.1, -0.05) is 19.1 Å². The van der Waals surface area contributed by atoms with Crippen LogP contribution < -0.4 is 5.73 Å². The molecule has 1 unspecified atom stereocenters. The highest BCUT2D eigenvalue weighted by Crippen LogP contribution is 2.19. The molecular weight excluding hydrogens is 357 g/mol. The zero-order valence-corrected chi connectivity index (χ0v) is 17.2. The van der Waals surface area contributed by atoms with Crippen molar-refractivity contribution in [3.8, 4) is 0 Å². The number of nitrogens with zero attached hydrogens (tertiary/aromatic N) is 2. The van der Waals surface area contributed by atoms with Gasteiger partial charge in [-0.3, -0.25) is 9.69 Å². The maximum atomic E-state index is 12.7. The fourth-order valence-electron chi connectivity index (χ4n) is 3.33. The van der Waals surface area contributed by atoms with Crippen LogP contribution in [0, 0.1) is 0 Å². The lowest BCUT2D eigenvalue weighted by molar-refractivity contribution is 0.0623. The third-order valence-corrected chi connectivity index (χ3v) is 4.88. The van der Waals surface area contributed by atoms with Crippen LogP contribution in [-0.2, 0) is 6.54 Å². The lowest BCUT2D eigenvalue weighted by Gasteiger charge is -2.35. The molecule has 4 nitrogen and oxygen atoms in total. The van der Waals surface area contributed by atoms with Gasteiger partial charge in [-0.25, -0.2) is 0 Å². The van der Waals surface area contributed by atoms with Crippen molar-refractivity contribution in [3.63, 3.8) is 0 Å². The van der Waals surface area contributed by atoms with E-state index in [2.05, 4.69) is 37.8 Å². The number of hydrogen-bond donors (Lipinski definition) is 1. The van der Waals surface area contributed by atoms with Gasteiger partial charge in [0, 0.05) is 37.3 Å². The molecule has 0 aromatic heterocycles. The number of piperidine rings is 1. The molecule has 1 saturated heterocycles. The molecule has 144 valence electrons. The van der Waals surface area contributed by atoms with Gasteiger partial charge in [0.2, 0.25) is 0 Å². The Bertz CT molecular complexity index is 508. The summed E-state index contributed by atoms with van der Waals surface area (Å²) in [5.74, 6) is 0.128. The molecule has 1 atom stereocenters. The van der Waals surface area contributed by atoms with Crippen molar-refractivity contribution in [2.24, 2.45) is 5.73 Å². The lowest BCUT2D eigenvalue weighted by atomic mass is 10.0. The van der Waals surface area contributed by atoms with Gasteiger partial charge >= 0.3 is 0 Å². The smallest absolute Gasteiger partial charge is 0.254 e. The Hall–Kier alpha value is -0.810. The summed E-state index contributed by atoms with van der Waals surface area (Å²) in [6.45, 7) is 9.96. The van der Waals surface area contributed by atoms with E-state index in [0.29, 0.717) is 12.6 Å². The second-order valence-electron chi connectivity index (χ2n) is 6.74. The SMILES string of the molecule is CCN(Cc1ccc(C(=O)N2CCCCC2CN)cc1)C(C)C.Cl.Cl. The Kier molecular flexibility index (Phi) is 11.4. The van der Waals surface area contributed by atoms with Gasteiger partial charge in [0.25, 0.3) is 5.91 Å². The highest BCUT2D eigenvalue weighted by Gasteiger charge is 2.26. The average molecular weight is 390 g/mol. The van der Waals surface area contributed by atoms with E-state index in [9.17, 15) is 4.79 Å². The van der Waals surface area contributed by atoms with Crippen LogP contribution in [-0.4, -0.2) is 47.4 Å². The number of nitrogens with two attached hydrogens (primary N) is 1. The van der Waals surface area contributed by atoms with E-state index in [1.807, 2.05) is 17.0 Å². The molecule has 1 fully saturated rings. The average Bonchev–Trinajstić information content (AvgIpc) is 2.59. The summed E-state index contributed by atoms with van der Waals surface area (Å²) >= 11 is 0. The molecule has 2 rings (SSSR count). The molecule has 0 saturated carbocycles. The normalized spacial score (nSPS) is 17.2. The van der Waals surface area contributed by atoms with Crippen LogP contribution in [0.2, 0.25) is 0 Å². The molecule has 1 aliphatic heterocycles. The minimum absolute atomic E-state index is 0. The van der Waals surface area contributed by atoms with Gasteiger partial charge in [0.05, 0.1) is 0 Å². The summed E-state index contributed by atoms with van der Waals surface area (Å²) < 4.78 is 0. The molecule has 25 heavy (non-hydrogen) atoms. The Labute approximate surface area is 164 Å². The predicted molar refractivity (Wildman–Crippen MR) is 110 cm³/mol. The minimum atomic E-state index is 0. The molecule has 2 N–H and O–H groups in total. The van der Waals surface area contributed by atoms with Crippen LogP contribution in [0.5, 0.6) is 0 Å². The maximum absolute atomic E-state index is 12.7. The van der Waals surface area contributed by atoms with Gasteiger partial charge in [-0.2, -0.15) is 0 Å². The number of benzene rings is 1. The van der Waals surface area contributed by atoms with E-state index >= 15 is 0 Å². The van der Waals surface area contributed by atoms with Gasteiger partial charge in [-0.05, 0) is 57.4 Å². The fourth-order valence-corrected chi connectivity index (χ4v) is 3.33. The second-order valence-corrected chi connectivity index (χ2v) is 6.74. The number of carbonyl (C=O) groups excluding carboxylic acids is 1. The molecule has 0 radical (unpaired) electrons. The van der Waals surface area contributed by atoms with Crippen LogP contribution in [0.25, 0.3) is 0 Å². The van der Waals surface area contributed by atoms with E-state index in [4.69, 9.17) is 5.73 Å². The second kappa shape index (κ2) is 11.7. The van der Waals surface area contributed by atoms with Crippen molar-refractivity contribution in [2.75, 3.05) is 19.6 Å². The summed E-state index contributed by atoms with van der Waals surface area (Å²) in [6, 6.07) is 8.83. The van der Waals surface area contributed by atoms with Crippen molar-refractivity contribution in [2.45, 2.75) is 58.7 Å². The van der Waals surface area contributed by atoms with E-state index in [0.717, 1.165) is 38.0 Å². The standard InChI is InChI=1S/C19H31N3O.2ClH/c1-4-21(15(2)3)14-16-8-10-17(11-9-16)19(23)22-12-6-5-7-18(22)13-20;;/h8-11,15,18H,4-7,12-14,20H2,1-3H3;2*1H. The Morgan fingerprint density at radius 2 is 1.88 bits per heavy atom. The quantitative estimate of drug-likeness (QED) is 0.806. The highest BCUT2D eigenvalue weighted by atomic mass is 35.5. The Morgan fingerprint density at radius 3 is 2.40 bits per heavy atom. The maximum Gasteiger partial charge on any atom is 0.254 e. The van der Waals surface area contributed by atoms with Gasteiger partial charge in [-0.15, -0.1) is 24.8 Å². The first kappa shape index (κ1) is 24.2. The van der Waals surface area contributed by atoms with Crippen molar-refractivity contribution in [1.29, 1.82) is 0 Å². The molecule has 1 aromatic carbocycles. The van der Waals surface area contributed by atoms with Gasteiger partial charge in [0.1, 0.15) is 0 Å². The molecule has 1 amide bonds. The minimum Gasteiger partial charge on any atom is -0.334 e. The van der Waals surface area contributed by atoms with Crippen LogP contribution in [0.4, 0.5) is 0 Å². The molecule has 6 heteroatoms. The molecule has 1 aromatic rings. The zero-order valence-electron chi connectivity index (χ0n) is 15.6. The van der Waals surface area contributed by atoms with Gasteiger partial charge < -0.3 is 10.6 Å². The molecule has 0 aliphatic carbocycles. The summed E-state index contributed by atoms with van der Waals surface area (Å²) in [5, 5.41) is 0. The first-order chi connectivity index (χ1) is 11.1. The zero-order chi connectivity index (χ0) is 16.8. The van der Waals surface area contributed by atoms with E-state index in [1.54, 1.807) is 0 Å². The van der Waals surface area contributed by atoms with Crippen molar-refractivity contribution >= 4 is 30.7 Å². The van der Waals surface area contributed by atoms with Crippen molar-refractivity contribution < 1.29 is 4.79 Å². The molecule has 1 heterocycles. The predicted octanol–water partition coefficient (Wildman–Crippen LogP) is 3.71. The van der Waals surface area contributed by atoms with E-state index in [-0.39, 0.29) is 36.8 Å². The van der Waals surface area contributed by atoms with E-state index in [1.165, 1.54) is 12.0 Å². The van der Waals surface area contributed by atoms with E-state index < -0.39 is 0 Å². The number of amides is 1. The number of carbonyl (C=O) groups is 1. The molecular formula is C19H33Cl2N3O. The third-order valence-electron chi connectivity index (χ3n) is 4.88. The lowest BCUT2D eigenvalue weighted by Crippen LogP contribution is -2.47. The first-order valence-electron chi connectivity index (χ1n) is 8.90. The molecule has 0 bridgehead atoms. The Morgan fingerprint density at radius 1 is 1.24 bits per heavy atom. The van der Waals surface area contributed by atoms with Crippen LogP contribution >= 0.6 is 24.8 Å². The summed E-state index contributed by atoms with van der Waals surface area (Å²) in [4.78, 5) is 17.1. The Balaban J connectivity index is 0.00000288. The van der Waals surface area contributed by atoms with Crippen LogP contribution in [0.3, 0.4) is 0 Å². The summed E-state index contributed by atoms with van der Waals surface area (Å²) in [6.07, 6.45) is 3.28. The molecule has 0 spiro atoms. The number of likely N-dealkylation sites (tertiary alicyclic amines) is 1. The summed E-state index contributed by atoms with van der Waals surface area (Å²) in [7, 11) is 0. The molecule has 1 aliphatic rings. The van der Waals surface area contributed by atoms with Crippen LogP contribution in [0.1, 0.15) is 56.0 Å². The first-order valence-corrected chi connectivity index (χ1v) is 8.90. The topological polar surface area (TPSA) is 49.6 Å². The van der Waals surface area contributed by atoms with Crippen molar-refractivity contribution in [1.82, 2.24) is 9.80 Å². The fraction of sp³-hybridized carbons (Fsp3) is 0.632. The van der Waals surface area contributed by atoms with Crippen LogP contribution in [0.15, 0.2) is 24.3 Å². The highest BCUT2D eigenvalue weighted by molar-refractivity contribution is 5.94. The monoisotopic (exact) mass is 389 g/mol. The number of halogens is 2.